The van der Waals surface area contributed by atoms with Crippen molar-refractivity contribution in [2.75, 3.05) is 13.5 Å². The molecule has 0 aromatic rings. The highest BCUT2D eigenvalue weighted by atomic mass is 16.5. The molecule has 8 nitrogen and oxygen atoms in total. The fraction of sp³-hybridized carbons (Fsp3) is 0.905. The van der Waals surface area contributed by atoms with E-state index in [-0.39, 0.29) is 0 Å². The molecule has 0 aromatic carbocycles. The summed E-state index contributed by atoms with van der Waals surface area (Å²) in [6.07, 6.45) is 6.07. The molecule has 4 aliphatic rings. The maximum absolute atomic E-state index is 5.82. The number of hydrogen-bond acceptors (Lipinski definition) is 6. The molecule has 0 N–H and O–H groups in total. The lowest BCUT2D eigenvalue weighted by Gasteiger charge is -2.39. The van der Waals surface area contributed by atoms with E-state index in [0.29, 0.717) is 95.9 Å². The van der Waals surface area contributed by atoms with Gasteiger partial charge in [-0.25, -0.2) is 14.1 Å². The molecule has 8 atom stereocenters. The molecule has 4 heterocycles. The number of rotatable bonds is 8. The van der Waals surface area contributed by atoms with Crippen molar-refractivity contribution >= 4 is 24.2 Å². The summed E-state index contributed by atoms with van der Waals surface area (Å²) in [6, 6.07) is 1.77. The second-order valence-electron chi connectivity index (χ2n) is 17.6. The second kappa shape index (κ2) is 21.7. The van der Waals surface area contributed by atoms with Crippen molar-refractivity contribution in [1.29, 1.82) is 0 Å². The van der Waals surface area contributed by atoms with Crippen molar-refractivity contribution < 1.29 is 28.1 Å². The lowest BCUT2D eigenvalue weighted by molar-refractivity contribution is -0.605. The van der Waals surface area contributed by atoms with Crippen LogP contribution < -0.4 is 0 Å². The first-order chi connectivity index (χ1) is 23.1. The Balaban J connectivity index is 0.000000334. The van der Waals surface area contributed by atoms with E-state index in [4.69, 9.17) is 18.9 Å². The van der Waals surface area contributed by atoms with Crippen LogP contribution in [0.1, 0.15) is 138 Å². The van der Waals surface area contributed by atoms with Gasteiger partial charge in [0.25, 0.3) is 0 Å². The molecule has 8 heteroatoms. The van der Waals surface area contributed by atoms with E-state index in [9.17, 15) is 0 Å². The average Bonchev–Trinajstić information content (AvgIpc) is 3.57. The molecule has 4 rings (SSSR count). The first kappa shape index (κ1) is 46.2. The lowest BCUT2D eigenvalue weighted by atomic mass is 9.89. The summed E-state index contributed by atoms with van der Waals surface area (Å²) in [6.45, 7) is 45.1. The zero-order valence-electron chi connectivity index (χ0n) is 36.2. The summed E-state index contributed by atoms with van der Waals surface area (Å²) in [5, 5.41) is 0. The molecule has 0 saturated carbocycles. The van der Waals surface area contributed by atoms with Crippen LogP contribution in [-0.2, 0) is 18.9 Å². The highest BCUT2D eigenvalue weighted by Crippen LogP contribution is 2.29. The van der Waals surface area contributed by atoms with Crippen LogP contribution in [0.25, 0.3) is 0 Å². The van der Waals surface area contributed by atoms with Gasteiger partial charge in [-0.05, 0) is 58.3 Å². The fourth-order valence-electron chi connectivity index (χ4n) is 6.86. The average molecular weight is 707 g/mol. The zero-order valence-corrected chi connectivity index (χ0v) is 36.2. The molecule has 0 radical (unpaired) electrons. The Bertz CT molecular complexity index is 1100. The van der Waals surface area contributed by atoms with Crippen LogP contribution in [0.3, 0.4) is 0 Å². The van der Waals surface area contributed by atoms with Crippen molar-refractivity contribution in [3.8, 4) is 0 Å². The maximum Gasteiger partial charge on any atom is 0.247 e. The van der Waals surface area contributed by atoms with Gasteiger partial charge >= 0.3 is 0 Å². The Morgan fingerprint density at radius 3 is 1.54 bits per heavy atom. The van der Waals surface area contributed by atoms with E-state index in [1.165, 1.54) is 0 Å². The molecule has 4 aliphatic heterocycles. The lowest BCUT2D eigenvalue weighted by Crippen LogP contribution is -2.46. The topological polar surface area (TPSA) is 67.7 Å². The largest absolute Gasteiger partial charge is 0.476 e. The zero-order chi connectivity index (χ0) is 38.6. The Kier molecular flexibility index (Phi) is 20.0. The first-order valence-electron chi connectivity index (χ1n) is 20.0. The van der Waals surface area contributed by atoms with E-state index in [1.54, 1.807) is 0 Å². The van der Waals surface area contributed by atoms with Crippen LogP contribution >= 0.6 is 0 Å². The monoisotopic (exact) mass is 707 g/mol. The third-order valence-electron chi connectivity index (χ3n) is 9.64. The molecule has 2 saturated heterocycles. The molecule has 0 aromatic heterocycles. The van der Waals surface area contributed by atoms with Crippen molar-refractivity contribution in [3.05, 3.63) is 0 Å². The minimum atomic E-state index is 0.294. The Hall–Kier alpha value is -1.80. The van der Waals surface area contributed by atoms with Gasteiger partial charge in [0.1, 0.15) is 36.8 Å². The summed E-state index contributed by atoms with van der Waals surface area (Å²) in [5.41, 5.74) is 0. The van der Waals surface area contributed by atoms with E-state index in [0.717, 1.165) is 25.3 Å². The van der Waals surface area contributed by atoms with Crippen molar-refractivity contribution in [1.82, 2.24) is 0 Å². The van der Waals surface area contributed by atoms with Crippen LogP contribution in [0, 0.1) is 47.3 Å². The van der Waals surface area contributed by atoms with Gasteiger partial charge in [0.05, 0.1) is 24.0 Å². The van der Waals surface area contributed by atoms with Crippen molar-refractivity contribution in [2.24, 2.45) is 57.3 Å². The minimum absolute atomic E-state index is 0.294. The Labute approximate surface area is 309 Å². The Morgan fingerprint density at radius 2 is 1.20 bits per heavy atom. The third-order valence-corrected chi connectivity index (χ3v) is 9.64. The molecule has 0 bridgehead atoms. The minimum Gasteiger partial charge on any atom is -0.476 e. The standard InChI is InChI=1S/2C11H22NO.2C10H19NO/c1-8(2)11-10(5)6-12(7-13-11)9(3)4;1-8(2)6-12-7-13-11(9(3)4)10(12)5;1-6(2)9-8(5)10(12-9)11-7(3)4;1-6(2)9-8(5)11-10(12-9)7(3)4/h2*6,8-11H,7H2,1-5H3;2*6-9H,1-5H3/q2*+1;;/b;12-6-;;/t2*10?,11-;2*8?,9-/m0000/s1. The molecule has 0 aliphatic carbocycles. The molecule has 50 heavy (non-hydrogen) atoms. The summed E-state index contributed by atoms with van der Waals surface area (Å²) >= 11 is 0. The highest BCUT2D eigenvalue weighted by Gasteiger charge is 2.39. The van der Waals surface area contributed by atoms with Gasteiger partial charge < -0.3 is 18.9 Å². The third kappa shape index (κ3) is 14.7. The van der Waals surface area contributed by atoms with Gasteiger partial charge in [0.15, 0.2) is 17.8 Å². The van der Waals surface area contributed by atoms with Gasteiger partial charge in [0, 0.05) is 24.8 Å². The number of hydrogen-bond donors (Lipinski definition) is 0. The quantitative estimate of drug-likeness (QED) is 0.236. The highest BCUT2D eigenvalue weighted by molar-refractivity contribution is 5.84. The molecular weight excluding hydrogens is 624 g/mol. The number of aliphatic imine (C=N–C) groups is 2. The Morgan fingerprint density at radius 1 is 0.680 bits per heavy atom. The van der Waals surface area contributed by atoms with Crippen LogP contribution in [-0.4, -0.2) is 95.4 Å². The molecule has 2 fully saturated rings. The van der Waals surface area contributed by atoms with Crippen LogP contribution in [0.2, 0.25) is 0 Å². The van der Waals surface area contributed by atoms with Gasteiger partial charge in [-0.2, -0.15) is 0 Å². The van der Waals surface area contributed by atoms with E-state index in [1.807, 2.05) is 0 Å². The fourth-order valence-corrected chi connectivity index (χ4v) is 6.86. The normalized spacial score (nSPS) is 31.0. The predicted octanol–water partition coefficient (Wildman–Crippen LogP) is 9.22. The van der Waals surface area contributed by atoms with Crippen LogP contribution in [0.5, 0.6) is 0 Å². The molecule has 0 spiro atoms. The van der Waals surface area contributed by atoms with E-state index >= 15 is 0 Å². The van der Waals surface area contributed by atoms with Gasteiger partial charge in [-0.15, -0.1) is 0 Å². The first-order valence-corrected chi connectivity index (χ1v) is 20.0. The van der Waals surface area contributed by atoms with Gasteiger partial charge in [-0.1, -0.05) is 96.9 Å². The van der Waals surface area contributed by atoms with Crippen LogP contribution in [0.15, 0.2) is 9.98 Å². The SMILES string of the molecule is CC(C)/C=[N+]1/CO[C@@H](C(C)C)C1C.CC(C)C1=NC(C)[C@H](C(C)C)O1.CC(C)N=C1O[C@@H](C(C)C)C1C.CC(C)[C@@H]1OC[N+](C(C)C)=CC1C. The summed E-state index contributed by atoms with van der Waals surface area (Å²) in [7, 11) is 0. The second-order valence-corrected chi connectivity index (χ2v) is 17.6. The summed E-state index contributed by atoms with van der Waals surface area (Å²) in [5.74, 6) is 6.36. The van der Waals surface area contributed by atoms with E-state index in [2.05, 4.69) is 170 Å². The van der Waals surface area contributed by atoms with Gasteiger partial charge in [0.2, 0.25) is 13.5 Å². The molecule has 4 unspecified atom stereocenters. The number of ether oxygens (including phenoxy) is 4. The smallest absolute Gasteiger partial charge is 0.247 e. The predicted molar refractivity (Wildman–Crippen MR) is 213 cm³/mol. The molecule has 0 amide bonds. The number of nitrogens with zero attached hydrogens (tertiary/aromatic N) is 4. The van der Waals surface area contributed by atoms with Crippen molar-refractivity contribution in [2.45, 2.75) is 187 Å². The van der Waals surface area contributed by atoms with Gasteiger partial charge in [-0.3, -0.25) is 4.99 Å². The summed E-state index contributed by atoms with van der Waals surface area (Å²) < 4.78 is 27.5. The van der Waals surface area contributed by atoms with Crippen molar-refractivity contribution in [3.63, 3.8) is 0 Å². The summed E-state index contributed by atoms with van der Waals surface area (Å²) in [4.78, 5) is 8.88. The van der Waals surface area contributed by atoms with Crippen LogP contribution in [0.4, 0.5) is 0 Å². The molecule has 292 valence electrons. The molecular formula is C42H82N4O4+2. The van der Waals surface area contributed by atoms with E-state index < -0.39 is 0 Å². The maximum atomic E-state index is 5.82.